The van der Waals surface area contributed by atoms with Crippen molar-refractivity contribution in [2.24, 2.45) is 0 Å². The first-order valence-corrected chi connectivity index (χ1v) is 18.6. The topological polar surface area (TPSA) is 9.49 Å². The Bertz CT molecular complexity index is 2240. The van der Waals surface area contributed by atoms with Gasteiger partial charge >= 0.3 is 0 Å². The number of fused-ring (bicyclic) bond motifs is 3. The quantitative estimate of drug-likeness (QED) is 0.132. The maximum Gasteiger partial charge on any atom is 0.218 e. The third-order valence-electron chi connectivity index (χ3n) is 10.3. The summed E-state index contributed by atoms with van der Waals surface area (Å²) in [5.74, 6) is 0.122. The number of hydrogen-bond donors (Lipinski definition) is 0. The molecule has 3 nitrogen and oxygen atoms in total. The summed E-state index contributed by atoms with van der Waals surface area (Å²) < 4.78 is 2.39. The van der Waals surface area contributed by atoms with E-state index in [1.54, 1.807) is 0 Å². The minimum Gasteiger partial charge on any atom is -0.311 e. The first-order chi connectivity index (χ1) is 26.8. The van der Waals surface area contributed by atoms with Gasteiger partial charge in [-0.05, 0) is 96.1 Å². The van der Waals surface area contributed by atoms with Gasteiger partial charge in [0.15, 0.2) is 6.21 Å². The molecule has 0 unspecified atom stereocenters. The predicted octanol–water partition coefficient (Wildman–Crippen LogP) is 13.7. The molecular weight excluding hydrogens is 655 g/mol. The van der Waals surface area contributed by atoms with Gasteiger partial charge in [-0.2, -0.15) is 4.58 Å². The van der Waals surface area contributed by atoms with Gasteiger partial charge in [-0.3, -0.25) is 0 Å². The van der Waals surface area contributed by atoms with E-state index in [0.29, 0.717) is 0 Å². The Labute approximate surface area is 318 Å². The highest BCUT2D eigenvalue weighted by Crippen LogP contribution is 2.45. The molecule has 9 rings (SSSR count). The van der Waals surface area contributed by atoms with Gasteiger partial charge in [-0.25, -0.2) is 0 Å². The van der Waals surface area contributed by atoms with E-state index in [1.807, 2.05) is 0 Å². The van der Waals surface area contributed by atoms with Crippen LogP contribution < -0.4 is 14.4 Å². The van der Waals surface area contributed by atoms with E-state index in [4.69, 9.17) is 0 Å². The number of benzene rings is 8. The zero-order valence-electron chi connectivity index (χ0n) is 30.0. The standard InChI is InChI=1S/C51H40N3/c1-5-17-41(18-6-1)53(42-19-7-2-8-20-42)45-33-29-39(30-34-45)47(37-38-52-50-27-15-13-25-48(50)49-26-14-16-28-51(49)52)40-31-35-46(36-32-40)54(43-21-9-3-10-22-43)44-23-11-4-12-24-44/h1-36,38,47H,37H2/q+1. The van der Waals surface area contributed by atoms with Gasteiger partial charge in [0.2, 0.25) is 11.4 Å². The number of nitrogens with zero attached hydrogens (tertiary/aromatic N) is 3. The lowest BCUT2D eigenvalue weighted by Gasteiger charge is -2.27. The zero-order valence-corrected chi connectivity index (χ0v) is 30.0. The Morgan fingerprint density at radius 1 is 0.333 bits per heavy atom. The lowest BCUT2D eigenvalue weighted by atomic mass is 9.88. The highest BCUT2D eigenvalue weighted by Gasteiger charge is 2.31. The summed E-state index contributed by atoms with van der Waals surface area (Å²) in [5, 5.41) is 0. The highest BCUT2D eigenvalue weighted by atomic mass is 15.1. The molecule has 0 spiro atoms. The van der Waals surface area contributed by atoms with Gasteiger partial charge in [-0.1, -0.05) is 121 Å². The van der Waals surface area contributed by atoms with Gasteiger partial charge in [0.1, 0.15) is 0 Å². The van der Waals surface area contributed by atoms with Crippen LogP contribution in [0.1, 0.15) is 23.5 Å². The number of anilines is 6. The summed E-state index contributed by atoms with van der Waals surface area (Å²) in [5.41, 5.74) is 14.3. The predicted molar refractivity (Wildman–Crippen MR) is 228 cm³/mol. The maximum atomic E-state index is 2.39. The van der Waals surface area contributed by atoms with E-state index in [2.05, 4.69) is 239 Å². The molecular formula is C51H40N3+. The van der Waals surface area contributed by atoms with Crippen LogP contribution in [-0.4, -0.2) is 6.21 Å². The molecule has 0 atom stereocenters. The molecule has 3 heteroatoms. The van der Waals surface area contributed by atoms with Crippen LogP contribution in [0.4, 0.5) is 45.5 Å². The fourth-order valence-electron chi connectivity index (χ4n) is 7.74. The van der Waals surface area contributed by atoms with E-state index in [-0.39, 0.29) is 5.92 Å². The zero-order chi connectivity index (χ0) is 36.1. The van der Waals surface area contributed by atoms with Crippen LogP contribution >= 0.6 is 0 Å². The average molecular weight is 695 g/mol. The average Bonchev–Trinajstić information content (AvgIpc) is 3.57. The van der Waals surface area contributed by atoms with E-state index in [9.17, 15) is 0 Å². The van der Waals surface area contributed by atoms with Crippen LogP contribution in [0, 0.1) is 0 Å². The third-order valence-corrected chi connectivity index (χ3v) is 10.3. The van der Waals surface area contributed by atoms with Crippen molar-refractivity contribution in [2.75, 3.05) is 9.80 Å². The SMILES string of the molecule is C(CC(c1ccc(N(c2ccccc2)c2ccccc2)cc1)c1ccc(N(c2ccccc2)c2ccccc2)cc1)=[N+]1c2ccccc2-c2ccccc21. The highest BCUT2D eigenvalue weighted by molar-refractivity contribution is 5.95. The Morgan fingerprint density at radius 3 is 0.981 bits per heavy atom. The van der Waals surface area contributed by atoms with E-state index in [1.165, 1.54) is 33.6 Å². The van der Waals surface area contributed by atoms with Gasteiger partial charge in [0.05, 0.1) is 11.1 Å². The second kappa shape index (κ2) is 14.9. The minimum atomic E-state index is 0.122. The summed E-state index contributed by atoms with van der Waals surface area (Å²) >= 11 is 0. The summed E-state index contributed by atoms with van der Waals surface area (Å²) in [7, 11) is 0. The molecule has 0 aliphatic carbocycles. The molecule has 8 aromatic carbocycles. The van der Waals surface area contributed by atoms with Crippen molar-refractivity contribution >= 4 is 51.7 Å². The third kappa shape index (κ3) is 6.48. The molecule has 54 heavy (non-hydrogen) atoms. The van der Waals surface area contributed by atoms with Crippen LogP contribution in [0.15, 0.2) is 218 Å². The molecule has 258 valence electrons. The Kier molecular flexibility index (Phi) is 9.11. The normalized spacial score (nSPS) is 11.5. The van der Waals surface area contributed by atoms with E-state index < -0.39 is 0 Å². The van der Waals surface area contributed by atoms with Gasteiger partial charge in [0.25, 0.3) is 0 Å². The van der Waals surface area contributed by atoms with Crippen LogP contribution in [-0.2, 0) is 0 Å². The molecule has 1 aliphatic heterocycles. The largest absolute Gasteiger partial charge is 0.311 e. The van der Waals surface area contributed by atoms with Crippen molar-refractivity contribution in [3.8, 4) is 11.1 Å². The molecule has 1 heterocycles. The second-order valence-electron chi connectivity index (χ2n) is 13.6. The molecule has 0 saturated heterocycles. The van der Waals surface area contributed by atoms with Crippen LogP contribution in [0.25, 0.3) is 11.1 Å². The van der Waals surface area contributed by atoms with Crippen LogP contribution in [0.3, 0.4) is 0 Å². The van der Waals surface area contributed by atoms with E-state index >= 15 is 0 Å². The molecule has 0 radical (unpaired) electrons. The summed E-state index contributed by atoms with van der Waals surface area (Å²) in [6.07, 6.45) is 3.21. The van der Waals surface area contributed by atoms with E-state index in [0.717, 1.165) is 40.5 Å². The fourth-order valence-corrected chi connectivity index (χ4v) is 7.74. The first-order valence-electron chi connectivity index (χ1n) is 18.6. The smallest absolute Gasteiger partial charge is 0.218 e. The van der Waals surface area contributed by atoms with Crippen molar-refractivity contribution in [1.29, 1.82) is 0 Å². The molecule has 0 fully saturated rings. The van der Waals surface area contributed by atoms with Crippen molar-refractivity contribution < 1.29 is 0 Å². The monoisotopic (exact) mass is 694 g/mol. The molecule has 0 N–H and O–H groups in total. The molecule has 0 aromatic heterocycles. The Balaban J connectivity index is 1.12. The summed E-state index contributed by atoms with van der Waals surface area (Å²) in [6.45, 7) is 0. The van der Waals surface area contributed by atoms with Crippen LogP contribution in [0.5, 0.6) is 0 Å². The lowest BCUT2D eigenvalue weighted by molar-refractivity contribution is 0.855. The number of hydrogen-bond acceptors (Lipinski definition) is 2. The molecule has 8 aromatic rings. The summed E-state index contributed by atoms with van der Waals surface area (Å²) in [6, 6.07) is 78.2. The summed E-state index contributed by atoms with van der Waals surface area (Å²) in [4.78, 5) is 4.64. The van der Waals surface area contributed by atoms with Crippen molar-refractivity contribution in [2.45, 2.75) is 12.3 Å². The number of rotatable bonds is 10. The van der Waals surface area contributed by atoms with Gasteiger partial charge < -0.3 is 9.80 Å². The van der Waals surface area contributed by atoms with Crippen molar-refractivity contribution in [3.63, 3.8) is 0 Å². The van der Waals surface area contributed by atoms with Crippen molar-refractivity contribution in [3.05, 3.63) is 230 Å². The van der Waals surface area contributed by atoms with Gasteiger partial charge in [0, 0.05) is 58.6 Å². The fraction of sp³-hybridized carbons (Fsp3) is 0.0392. The lowest BCUT2D eigenvalue weighted by Crippen LogP contribution is -2.12. The molecule has 0 bridgehead atoms. The Hall–Kier alpha value is -6.97. The van der Waals surface area contributed by atoms with Crippen molar-refractivity contribution in [1.82, 2.24) is 4.58 Å². The Morgan fingerprint density at radius 2 is 0.630 bits per heavy atom. The first kappa shape index (κ1) is 32.9. The molecule has 1 aliphatic rings. The second-order valence-corrected chi connectivity index (χ2v) is 13.6. The minimum absolute atomic E-state index is 0.122. The van der Waals surface area contributed by atoms with Crippen LogP contribution in [0.2, 0.25) is 0 Å². The molecule has 0 amide bonds. The number of para-hydroxylation sites is 6. The van der Waals surface area contributed by atoms with Gasteiger partial charge in [-0.15, -0.1) is 0 Å². The maximum absolute atomic E-state index is 2.39. The molecule has 0 saturated carbocycles.